The van der Waals surface area contributed by atoms with Crippen LogP contribution >= 0.6 is 0 Å². The van der Waals surface area contributed by atoms with Crippen LogP contribution in [0.25, 0.3) is 0 Å². The number of nitrogens with one attached hydrogen (secondary N) is 1. The maximum Gasteiger partial charge on any atom is 0.240 e. The molecule has 0 heterocycles. The summed E-state index contributed by atoms with van der Waals surface area (Å²) in [7, 11) is -3.51. The number of benzene rings is 2. The Labute approximate surface area is 139 Å². The highest BCUT2D eigenvalue weighted by Gasteiger charge is 2.19. The van der Waals surface area contributed by atoms with Gasteiger partial charge in [-0.2, -0.15) is 0 Å². The van der Waals surface area contributed by atoms with Crippen molar-refractivity contribution in [1.82, 2.24) is 4.72 Å². The summed E-state index contributed by atoms with van der Waals surface area (Å²) in [5.74, 6) is 0. The monoisotopic (exact) mass is 329 g/mol. The number of rotatable bonds is 8. The maximum absolute atomic E-state index is 12.6. The van der Waals surface area contributed by atoms with E-state index in [-0.39, 0.29) is 6.04 Å². The molecule has 0 aliphatic rings. The first kappa shape index (κ1) is 17.4. The standard InChI is InChI=1S/C19H23NO2S/c1-3-4-10-18(15-17-8-6-5-7-9-17)20-23(21,22)19-13-11-16(2)12-14-19/h3,5-9,11-14,18,20H,1,4,10,15H2,2H3/t18-/m1/s1. The van der Waals surface area contributed by atoms with E-state index < -0.39 is 10.0 Å². The Morgan fingerprint density at radius 3 is 2.35 bits per heavy atom. The van der Waals surface area contributed by atoms with Crippen molar-refractivity contribution in [3.8, 4) is 0 Å². The summed E-state index contributed by atoms with van der Waals surface area (Å²) in [4.78, 5) is 0.305. The van der Waals surface area contributed by atoms with Gasteiger partial charge in [-0.15, -0.1) is 6.58 Å². The molecule has 0 spiro atoms. The Hall–Kier alpha value is -1.91. The molecule has 1 N–H and O–H groups in total. The summed E-state index contributed by atoms with van der Waals surface area (Å²) in [6.45, 7) is 5.66. The molecule has 0 saturated heterocycles. The molecule has 1 atom stereocenters. The van der Waals surface area contributed by atoms with Crippen LogP contribution in [-0.2, 0) is 16.4 Å². The van der Waals surface area contributed by atoms with Gasteiger partial charge in [0.15, 0.2) is 0 Å². The van der Waals surface area contributed by atoms with Gasteiger partial charge in [0.05, 0.1) is 4.90 Å². The number of hydrogen-bond donors (Lipinski definition) is 1. The predicted molar refractivity (Wildman–Crippen MR) is 94.9 cm³/mol. The topological polar surface area (TPSA) is 46.2 Å². The zero-order chi connectivity index (χ0) is 16.7. The molecule has 0 aliphatic heterocycles. The third-order valence-electron chi connectivity index (χ3n) is 3.70. The van der Waals surface area contributed by atoms with Crippen LogP contribution in [0.1, 0.15) is 24.0 Å². The minimum atomic E-state index is -3.51. The second-order valence-corrected chi connectivity index (χ2v) is 7.40. The molecule has 0 aromatic heterocycles. The van der Waals surface area contributed by atoms with Crippen molar-refractivity contribution in [3.05, 3.63) is 78.4 Å². The van der Waals surface area contributed by atoms with Gasteiger partial charge in [-0.25, -0.2) is 13.1 Å². The number of hydrogen-bond acceptors (Lipinski definition) is 2. The first-order valence-corrected chi connectivity index (χ1v) is 9.23. The molecule has 4 heteroatoms. The van der Waals surface area contributed by atoms with Crippen LogP contribution in [0.4, 0.5) is 0 Å². The fourth-order valence-corrected chi connectivity index (χ4v) is 3.70. The number of sulfonamides is 1. The second kappa shape index (κ2) is 8.09. The Balaban J connectivity index is 2.15. The van der Waals surface area contributed by atoms with Crippen LogP contribution in [0.3, 0.4) is 0 Å². The largest absolute Gasteiger partial charge is 0.240 e. The molecule has 2 aromatic carbocycles. The summed E-state index contributed by atoms with van der Waals surface area (Å²) in [5.41, 5.74) is 2.16. The third-order valence-corrected chi connectivity index (χ3v) is 5.23. The summed E-state index contributed by atoms with van der Waals surface area (Å²) in [6.07, 6.45) is 3.98. The predicted octanol–water partition coefficient (Wildman–Crippen LogP) is 3.85. The molecular weight excluding hydrogens is 306 g/mol. The van der Waals surface area contributed by atoms with Crippen molar-refractivity contribution in [2.75, 3.05) is 0 Å². The normalized spacial score (nSPS) is 12.7. The van der Waals surface area contributed by atoms with Gasteiger partial charge in [-0.3, -0.25) is 0 Å². The molecule has 0 bridgehead atoms. The Kier molecular flexibility index (Phi) is 6.13. The lowest BCUT2D eigenvalue weighted by atomic mass is 10.0. The van der Waals surface area contributed by atoms with Crippen LogP contribution < -0.4 is 4.72 Å². The van der Waals surface area contributed by atoms with Gasteiger partial charge in [0.1, 0.15) is 0 Å². The smallest absolute Gasteiger partial charge is 0.208 e. The molecule has 0 unspecified atom stereocenters. The van der Waals surface area contributed by atoms with Gasteiger partial charge in [-0.05, 0) is 43.9 Å². The van der Waals surface area contributed by atoms with E-state index >= 15 is 0 Å². The lowest BCUT2D eigenvalue weighted by Crippen LogP contribution is -2.36. The zero-order valence-corrected chi connectivity index (χ0v) is 14.2. The molecule has 2 rings (SSSR count). The SMILES string of the molecule is C=CCC[C@H](Cc1ccccc1)NS(=O)(=O)c1ccc(C)cc1. The highest BCUT2D eigenvalue weighted by Crippen LogP contribution is 2.14. The molecule has 0 radical (unpaired) electrons. The van der Waals surface area contributed by atoms with E-state index in [9.17, 15) is 8.42 Å². The van der Waals surface area contributed by atoms with E-state index in [0.717, 1.165) is 24.0 Å². The van der Waals surface area contributed by atoms with Crippen molar-refractivity contribution in [1.29, 1.82) is 0 Å². The highest BCUT2D eigenvalue weighted by atomic mass is 32.2. The highest BCUT2D eigenvalue weighted by molar-refractivity contribution is 7.89. The molecular formula is C19H23NO2S. The van der Waals surface area contributed by atoms with E-state index in [4.69, 9.17) is 0 Å². The van der Waals surface area contributed by atoms with Crippen molar-refractivity contribution < 1.29 is 8.42 Å². The fraction of sp³-hybridized carbons (Fsp3) is 0.263. The van der Waals surface area contributed by atoms with Crippen molar-refractivity contribution in [3.63, 3.8) is 0 Å². The molecule has 23 heavy (non-hydrogen) atoms. The van der Waals surface area contributed by atoms with Gasteiger partial charge in [0.25, 0.3) is 0 Å². The van der Waals surface area contributed by atoms with Crippen LogP contribution in [0, 0.1) is 6.92 Å². The molecule has 0 saturated carbocycles. The van der Waals surface area contributed by atoms with Crippen molar-refractivity contribution >= 4 is 10.0 Å². The van der Waals surface area contributed by atoms with Crippen LogP contribution in [0.2, 0.25) is 0 Å². The molecule has 0 fully saturated rings. The van der Waals surface area contributed by atoms with Gasteiger partial charge in [0.2, 0.25) is 10.0 Å². The van der Waals surface area contributed by atoms with Gasteiger partial charge < -0.3 is 0 Å². The average molecular weight is 329 g/mol. The first-order valence-electron chi connectivity index (χ1n) is 7.75. The van der Waals surface area contributed by atoms with E-state index in [0.29, 0.717) is 11.3 Å². The summed E-state index contributed by atoms with van der Waals surface area (Å²) >= 11 is 0. The van der Waals surface area contributed by atoms with Crippen LogP contribution in [-0.4, -0.2) is 14.5 Å². The molecule has 3 nitrogen and oxygen atoms in total. The Morgan fingerprint density at radius 2 is 1.74 bits per heavy atom. The third kappa shape index (κ3) is 5.34. The fourth-order valence-electron chi connectivity index (χ4n) is 2.43. The molecule has 0 amide bonds. The van der Waals surface area contributed by atoms with E-state index in [1.807, 2.05) is 55.5 Å². The van der Waals surface area contributed by atoms with Crippen LogP contribution in [0.15, 0.2) is 72.1 Å². The molecule has 122 valence electrons. The van der Waals surface area contributed by atoms with E-state index in [2.05, 4.69) is 11.3 Å². The van der Waals surface area contributed by atoms with E-state index in [1.54, 1.807) is 12.1 Å². The number of aryl methyl sites for hydroxylation is 1. The zero-order valence-electron chi connectivity index (χ0n) is 13.4. The minimum absolute atomic E-state index is 0.151. The minimum Gasteiger partial charge on any atom is -0.208 e. The summed E-state index contributed by atoms with van der Waals surface area (Å²) in [5, 5.41) is 0. The quantitative estimate of drug-likeness (QED) is 0.748. The van der Waals surface area contributed by atoms with E-state index in [1.165, 1.54) is 0 Å². The average Bonchev–Trinajstić information content (AvgIpc) is 2.54. The first-order chi connectivity index (χ1) is 11.0. The number of allylic oxidation sites excluding steroid dienone is 1. The van der Waals surface area contributed by atoms with Crippen molar-refractivity contribution in [2.24, 2.45) is 0 Å². The maximum atomic E-state index is 12.6. The molecule has 0 aliphatic carbocycles. The van der Waals surface area contributed by atoms with Gasteiger partial charge in [0, 0.05) is 6.04 Å². The Bertz CT molecular complexity index is 722. The second-order valence-electron chi connectivity index (χ2n) is 5.69. The Morgan fingerprint density at radius 1 is 1.09 bits per heavy atom. The lowest BCUT2D eigenvalue weighted by Gasteiger charge is -2.18. The molecule has 2 aromatic rings. The summed E-state index contributed by atoms with van der Waals surface area (Å²) < 4.78 is 28.0. The van der Waals surface area contributed by atoms with Gasteiger partial charge >= 0.3 is 0 Å². The summed E-state index contributed by atoms with van der Waals surface area (Å²) in [6, 6.07) is 16.7. The van der Waals surface area contributed by atoms with Crippen molar-refractivity contribution in [2.45, 2.75) is 37.1 Å². The van der Waals surface area contributed by atoms with Crippen LogP contribution in [0.5, 0.6) is 0 Å². The lowest BCUT2D eigenvalue weighted by molar-refractivity contribution is 0.527. The van der Waals surface area contributed by atoms with Gasteiger partial charge in [-0.1, -0.05) is 54.1 Å².